The molecule has 2 N–H and O–H groups in total. The molecule has 1 aliphatic heterocycles. The van der Waals surface area contributed by atoms with Gasteiger partial charge in [0.05, 0.1) is 18.8 Å². The zero-order chi connectivity index (χ0) is 16.9. The topological polar surface area (TPSA) is 83.4 Å². The molecule has 1 saturated heterocycles. The molecule has 2 atom stereocenters. The number of aryl methyl sites for hydroxylation is 1. The number of piperidine rings is 1. The van der Waals surface area contributed by atoms with Gasteiger partial charge in [0.15, 0.2) is 0 Å². The average molecular weight is 332 g/mol. The molecule has 0 aromatic carbocycles. The zero-order valence-electron chi connectivity index (χ0n) is 14.1. The highest BCUT2D eigenvalue weighted by Gasteiger charge is 2.30. The summed E-state index contributed by atoms with van der Waals surface area (Å²) in [5.41, 5.74) is 1.04. The quantitative estimate of drug-likeness (QED) is 0.882. The van der Waals surface area contributed by atoms with Crippen LogP contribution in [0.25, 0.3) is 0 Å². The summed E-state index contributed by atoms with van der Waals surface area (Å²) in [7, 11) is 1.62. The lowest BCUT2D eigenvalue weighted by Crippen LogP contribution is -2.46. The van der Waals surface area contributed by atoms with Crippen LogP contribution in [-0.2, 0) is 4.74 Å². The van der Waals surface area contributed by atoms with Crippen LogP contribution in [0, 0.1) is 6.92 Å². The first kappa shape index (κ1) is 16.6. The number of methoxy groups -OCH3 is 1. The van der Waals surface area contributed by atoms with Crippen molar-refractivity contribution in [1.29, 1.82) is 0 Å². The van der Waals surface area contributed by atoms with Crippen molar-refractivity contribution in [3.05, 3.63) is 41.6 Å². The molecule has 0 saturated carbocycles. The van der Waals surface area contributed by atoms with Gasteiger partial charge in [-0.05, 0) is 38.3 Å². The summed E-state index contributed by atoms with van der Waals surface area (Å²) in [6.07, 6.45) is 6.72. The fourth-order valence-corrected chi connectivity index (χ4v) is 3.20. The van der Waals surface area contributed by atoms with Crippen molar-refractivity contribution in [3.63, 3.8) is 0 Å². The van der Waals surface area contributed by atoms with Gasteiger partial charge in [-0.3, -0.25) is 5.10 Å². The normalized spacial score (nSPS) is 19.2. The largest absolute Gasteiger partial charge is 0.464 e. The van der Waals surface area contributed by atoms with E-state index >= 15 is 0 Å². The molecule has 7 heteroatoms. The highest BCUT2D eigenvalue weighted by atomic mass is 16.5. The number of ether oxygens (including phenoxy) is 1. The standard InChI is InChI=1S/C17H24N4O3/c1-12-6-7-16(24-12)14(11-23-2)20-17(22)21-8-4-3-5-15(21)13-9-18-19-10-13/h6-7,9-10,14-15H,3-5,8,11H2,1-2H3,(H,18,19)(H,20,22). The lowest BCUT2D eigenvalue weighted by Gasteiger charge is -2.36. The molecule has 0 bridgehead atoms. The molecular formula is C17H24N4O3. The number of urea groups is 1. The van der Waals surface area contributed by atoms with E-state index in [1.807, 2.05) is 30.2 Å². The third-order valence-electron chi connectivity index (χ3n) is 4.40. The summed E-state index contributed by atoms with van der Waals surface area (Å²) in [5.74, 6) is 1.52. The van der Waals surface area contributed by atoms with Gasteiger partial charge < -0.3 is 19.4 Å². The molecule has 7 nitrogen and oxygen atoms in total. The summed E-state index contributed by atoms with van der Waals surface area (Å²) in [6, 6.07) is 3.42. The number of hydrogen-bond donors (Lipinski definition) is 2. The van der Waals surface area contributed by atoms with E-state index in [4.69, 9.17) is 9.15 Å². The molecule has 2 aromatic heterocycles. The van der Waals surface area contributed by atoms with Crippen LogP contribution >= 0.6 is 0 Å². The van der Waals surface area contributed by atoms with Crippen molar-refractivity contribution in [2.24, 2.45) is 0 Å². The molecule has 2 amide bonds. The Kier molecular flexibility index (Phi) is 5.20. The lowest BCUT2D eigenvalue weighted by atomic mass is 9.98. The Labute approximate surface area is 141 Å². The fourth-order valence-electron chi connectivity index (χ4n) is 3.20. The van der Waals surface area contributed by atoms with Crippen molar-refractivity contribution < 1.29 is 13.9 Å². The highest BCUT2D eigenvalue weighted by Crippen LogP contribution is 2.30. The third kappa shape index (κ3) is 3.62. The van der Waals surface area contributed by atoms with Crippen molar-refractivity contribution in [2.45, 2.75) is 38.3 Å². The number of nitrogens with one attached hydrogen (secondary N) is 2. The molecule has 0 spiro atoms. The SMILES string of the molecule is COCC(NC(=O)N1CCCCC1c1cn[nH]c1)c1ccc(C)o1. The second-order valence-corrected chi connectivity index (χ2v) is 6.14. The molecule has 0 radical (unpaired) electrons. The minimum absolute atomic E-state index is 0.0547. The van der Waals surface area contributed by atoms with E-state index in [1.165, 1.54) is 0 Å². The number of likely N-dealkylation sites (tertiary alicyclic amines) is 1. The van der Waals surface area contributed by atoms with Gasteiger partial charge in [-0.25, -0.2) is 4.79 Å². The Morgan fingerprint density at radius 3 is 3.08 bits per heavy atom. The maximum Gasteiger partial charge on any atom is 0.318 e. The summed E-state index contributed by atoms with van der Waals surface area (Å²) in [4.78, 5) is 14.7. The van der Waals surface area contributed by atoms with Crippen molar-refractivity contribution in [2.75, 3.05) is 20.3 Å². The van der Waals surface area contributed by atoms with E-state index in [9.17, 15) is 4.79 Å². The summed E-state index contributed by atoms with van der Waals surface area (Å²) < 4.78 is 10.9. The van der Waals surface area contributed by atoms with Gasteiger partial charge in [0, 0.05) is 25.4 Å². The van der Waals surface area contributed by atoms with E-state index in [0.717, 1.165) is 37.1 Å². The Balaban J connectivity index is 1.73. The molecule has 24 heavy (non-hydrogen) atoms. The van der Waals surface area contributed by atoms with Crippen molar-refractivity contribution >= 4 is 6.03 Å². The van der Waals surface area contributed by atoms with Crippen LogP contribution < -0.4 is 5.32 Å². The minimum atomic E-state index is -0.303. The van der Waals surface area contributed by atoms with E-state index in [2.05, 4.69) is 15.5 Å². The zero-order valence-corrected chi connectivity index (χ0v) is 14.1. The average Bonchev–Trinajstić information content (AvgIpc) is 3.26. The molecule has 1 aliphatic rings. The third-order valence-corrected chi connectivity index (χ3v) is 4.40. The second-order valence-electron chi connectivity index (χ2n) is 6.14. The number of H-pyrrole nitrogens is 1. The van der Waals surface area contributed by atoms with Gasteiger partial charge in [0.1, 0.15) is 17.6 Å². The monoisotopic (exact) mass is 332 g/mol. The summed E-state index contributed by atoms with van der Waals surface area (Å²) in [6.45, 7) is 2.98. The van der Waals surface area contributed by atoms with Gasteiger partial charge in [-0.1, -0.05) is 0 Å². The number of carbonyl (C=O) groups is 1. The van der Waals surface area contributed by atoms with Gasteiger partial charge in [0.25, 0.3) is 0 Å². The molecule has 2 aromatic rings. The second kappa shape index (κ2) is 7.53. The first-order valence-electron chi connectivity index (χ1n) is 8.30. The Morgan fingerprint density at radius 2 is 2.42 bits per heavy atom. The predicted octanol–water partition coefficient (Wildman–Crippen LogP) is 2.94. The van der Waals surface area contributed by atoms with Gasteiger partial charge >= 0.3 is 6.03 Å². The summed E-state index contributed by atoms with van der Waals surface area (Å²) >= 11 is 0. The predicted molar refractivity (Wildman–Crippen MR) is 88.5 cm³/mol. The fraction of sp³-hybridized carbons (Fsp3) is 0.529. The number of aromatic amines is 1. The van der Waals surface area contributed by atoms with Gasteiger partial charge in [-0.15, -0.1) is 0 Å². The van der Waals surface area contributed by atoms with Gasteiger partial charge in [0.2, 0.25) is 0 Å². The number of amides is 2. The van der Waals surface area contributed by atoms with Crippen LogP contribution in [0.3, 0.4) is 0 Å². The van der Waals surface area contributed by atoms with Crippen molar-refractivity contribution in [3.8, 4) is 0 Å². The highest BCUT2D eigenvalue weighted by molar-refractivity contribution is 5.75. The number of hydrogen-bond acceptors (Lipinski definition) is 4. The van der Waals surface area contributed by atoms with E-state index in [1.54, 1.807) is 13.3 Å². The first-order valence-corrected chi connectivity index (χ1v) is 8.30. The Morgan fingerprint density at radius 1 is 1.54 bits per heavy atom. The molecular weight excluding hydrogens is 308 g/mol. The number of aromatic nitrogens is 2. The summed E-state index contributed by atoms with van der Waals surface area (Å²) in [5, 5.41) is 9.89. The number of rotatable bonds is 5. The molecule has 130 valence electrons. The van der Waals surface area contributed by atoms with Crippen LogP contribution in [0.15, 0.2) is 28.9 Å². The van der Waals surface area contributed by atoms with Crippen molar-refractivity contribution in [1.82, 2.24) is 20.4 Å². The van der Waals surface area contributed by atoms with Gasteiger partial charge in [-0.2, -0.15) is 5.10 Å². The van der Waals surface area contributed by atoms with Crippen LogP contribution in [-0.4, -0.2) is 41.4 Å². The molecule has 3 heterocycles. The van der Waals surface area contributed by atoms with Crippen LogP contribution in [0.5, 0.6) is 0 Å². The molecule has 3 rings (SSSR count). The maximum absolute atomic E-state index is 12.9. The molecule has 2 unspecified atom stereocenters. The van der Waals surface area contributed by atoms with E-state index in [-0.39, 0.29) is 18.1 Å². The Bertz CT molecular complexity index is 653. The van der Waals surface area contributed by atoms with Crippen LogP contribution in [0.2, 0.25) is 0 Å². The maximum atomic E-state index is 12.9. The number of furan rings is 1. The minimum Gasteiger partial charge on any atom is -0.464 e. The van der Waals surface area contributed by atoms with Crippen LogP contribution in [0.1, 0.15) is 48.4 Å². The lowest BCUT2D eigenvalue weighted by molar-refractivity contribution is 0.127. The Hall–Kier alpha value is -2.28. The van der Waals surface area contributed by atoms with E-state index in [0.29, 0.717) is 12.4 Å². The molecule has 1 fully saturated rings. The van der Waals surface area contributed by atoms with Crippen LogP contribution in [0.4, 0.5) is 4.79 Å². The smallest absolute Gasteiger partial charge is 0.318 e. The number of nitrogens with zero attached hydrogens (tertiary/aromatic N) is 2. The number of carbonyl (C=O) groups excluding carboxylic acids is 1. The first-order chi connectivity index (χ1) is 11.7. The molecule has 0 aliphatic carbocycles. The van der Waals surface area contributed by atoms with E-state index < -0.39 is 0 Å².